The first kappa shape index (κ1) is 19.5. The van der Waals surface area contributed by atoms with E-state index < -0.39 is 11.7 Å². The van der Waals surface area contributed by atoms with Crippen LogP contribution in [0.5, 0.6) is 0 Å². The van der Waals surface area contributed by atoms with Gasteiger partial charge in [0, 0.05) is 23.7 Å². The first-order valence-corrected chi connectivity index (χ1v) is 9.53. The molecule has 7 nitrogen and oxygen atoms in total. The number of hydrogen-bond acceptors (Lipinski definition) is 4. The maximum atomic E-state index is 13.0. The third-order valence-corrected chi connectivity index (χ3v) is 4.74. The van der Waals surface area contributed by atoms with E-state index in [1.54, 1.807) is 24.3 Å². The summed E-state index contributed by atoms with van der Waals surface area (Å²) >= 11 is 0. The van der Waals surface area contributed by atoms with E-state index in [0.29, 0.717) is 11.3 Å². The van der Waals surface area contributed by atoms with Gasteiger partial charge in [0.15, 0.2) is 11.5 Å². The predicted molar refractivity (Wildman–Crippen MR) is 108 cm³/mol. The summed E-state index contributed by atoms with van der Waals surface area (Å²) < 4.78 is 13.0. The first-order valence-electron chi connectivity index (χ1n) is 9.53. The number of carbonyl (C=O) groups excluding carboxylic acids is 3. The van der Waals surface area contributed by atoms with Gasteiger partial charge in [-0.1, -0.05) is 12.1 Å². The summed E-state index contributed by atoms with van der Waals surface area (Å²) in [5.74, 6) is -1.38. The summed E-state index contributed by atoms with van der Waals surface area (Å²) in [4.78, 5) is 43.7. The Bertz CT molecular complexity index is 1090. The van der Waals surface area contributed by atoms with E-state index in [9.17, 15) is 18.8 Å². The molecule has 1 saturated carbocycles. The van der Waals surface area contributed by atoms with E-state index in [0.717, 1.165) is 18.4 Å². The molecule has 0 aliphatic heterocycles. The SMILES string of the molecule is O=C(Cc1ccc(NC(=O)c2nc[nH]c2C(=O)NC2CC2)cc1)c1ccc(F)cc1. The van der Waals surface area contributed by atoms with Crippen LogP contribution in [0.25, 0.3) is 0 Å². The molecule has 0 saturated heterocycles. The Morgan fingerprint density at radius 3 is 2.37 bits per heavy atom. The van der Waals surface area contributed by atoms with Crippen molar-refractivity contribution in [3.8, 4) is 0 Å². The second kappa shape index (κ2) is 8.28. The van der Waals surface area contributed by atoms with Gasteiger partial charge in [-0.2, -0.15) is 0 Å². The molecule has 3 aromatic rings. The van der Waals surface area contributed by atoms with Crippen LogP contribution in [0.15, 0.2) is 54.9 Å². The summed E-state index contributed by atoms with van der Waals surface area (Å²) in [6.45, 7) is 0. The van der Waals surface area contributed by atoms with Gasteiger partial charge in [0.25, 0.3) is 11.8 Å². The zero-order valence-corrected chi connectivity index (χ0v) is 15.9. The largest absolute Gasteiger partial charge is 0.348 e. The van der Waals surface area contributed by atoms with Crippen molar-refractivity contribution < 1.29 is 18.8 Å². The molecular formula is C22H19FN4O3. The Hall–Kier alpha value is -3.81. The van der Waals surface area contributed by atoms with Crippen molar-refractivity contribution in [3.63, 3.8) is 0 Å². The average Bonchev–Trinajstić information content (AvgIpc) is 3.40. The molecule has 30 heavy (non-hydrogen) atoms. The van der Waals surface area contributed by atoms with Crippen molar-refractivity contribution in [2.45, 2.75) is 25.3 Å². The van der Waals surface area contributed by atoms with Crippen LogP contribution in [-0.4, -0.2) is 33.6 Å². The lowest BCUT2D eigenvalue weighted by molar-refractivity contribution is 0.0932. The number of nitrogens with zero attached hydrogens (tertiary/aromatic N) is 1. The predicted octanol–water partition coefficient (Wildman–Crippen LogP) is 3.12. The molecule has 152 valence electrons. The molecule has 3 N–H and O–H groups in total. The normalized spacial score (nSPS) is 13.0. The van der Waals surface area contributed by atoms with E-state index in [4.69, 9.17) is 0 Å². The van der Waals surface area contributed by atoms with Crippen molar-refractivity contribution in [1.29, 1.82) is 0 Å². The summed E-state index contributed by atoms with van der Waals surface area (Å²) in [6, 6.07) is 12.4. The van der Waals surface area contributed by atoms with Gasteiger partial charge in [-0.25, -0.2) is 9.37 Å². The van der Waals surface area contributed by atoms with Gasteiger partial charge in [-0.05, 0) is 54.8 Å². The average molecular weight is 406 g/mol. The van der Waals surface area contributed by atoms with Crippen molar-refractivity contribution in [3.05, 3.63) is 83.2 Å². The number of imidazole rings is 1. The van der Waals surface area contributed by atoms with Crippen LogP contribution in [0.2, 0.25) is 0 Å². The molecule has 1 aliphatic rings. The number of carbonyl (C=O) groups is 3. The molecule has 0 atom stereocenters. The van der Waals surface area contributed by atoms with E-state index in [1.165, 1.54) is 30.6 Å². The van der Waals surface area contributed by atoms with Gasteiger partial charge in [-0.3, -0.25) is 14.4 Å². The Kier molecular flexibility index (Phi) is 5.38. The fourth-order valence-electron chi connectivity index (χ4n) is 2.94. The van der Waals surface area contributed by atoms with Gasteiger partial charge in [-0.15, -0.1) is 0 Å². The molecule has 1 heterocycles. The number of anilines is 1. The summed E-state index contributed by atoms with van der Waals surface area (Å²) in [6.07, 6.45) is 3.35. The smallest absolute Gasteiger partial charge is 0.276 e. The van der Waals surface area contributed by atoms with Crippen LogP contribution in [0.4, 0.5) is 10.1 Å². The third-order valence-electron chi connectivity index (χ3n) is 4.74. The summed E-state index contributed by atoms with van der Waals surface area (Å²) in [5, 5.41) is 5.51. The Morgan fingerprint density at radius 2 is 1.70 bits per heavy atom. The van der Waals surface area contributed by atoms with Crippen molar-refractivity contribution in [1.82, 2.24) is 15.3 Å². The Morgan fingerprint density at radius 1 is 1.00 bits per heavy atom. The highest BCUT2D eigenvalue weighted by molar-refractivity contribution is 6.10. The standard InChI is InChI=1S/C22H19FN4O3/c23-15-5-3-14(4-6-15)18(28)11-13-1-7-16(8-2-13)26-21(29)19-20(25-12-24-19)22(30)27-17-9-10-17/h1-8,12,17H,9-11H2,(H,24,25)(H,26,29)(H,27,30). The number of aromatic nitrogens is 2. The number of Topliss-reactive ketones (excluding diaryl/α,β-unsaturated/α-hetero) is 1. The van der Waals surface area contributed by atoms with Crippen LogP contribution < -0.4 is 10.6 Å². The zero-order valence-electron chi connectivity index (χ0n) is 15.9. The maximum Gasteiger partial charge on any atom is 0.276 e. The van der Waals surface area contributed by atoms with Crippen LogP contribution in [-0.2, 0) is 6.42 Å². The van der Waals surface area contributed by atoms with Crippen molar-refractivity contribution in [2.75, 3.05) is 5.32 Å². The van der Waals surface area contributed by atoms with Crippen LogP contribution >= 0.6 is 0 Å². The minimum Gasteiger partial charge on any atom is -0.348 e. The Balaban J connectivity index is 1.38. The van der Waals surface area contributed by atoms with Gasteiger partial charge < -0.3 is 15.6 Å². The molecule has 1 fully saturated rings. The van der Waals surface area contributed by atoms with Gasteiger partial charge in [0.1, 0.15) is 11.5 Å². The Labute approximate surface area is 171 Å². The second-order valence-corrected chi connectivity index (χ2v) is 7.13. The number of rotatable bonds is 7. The lowest BCUT2D eigenvalue weighted by Gasteiger charge is -2.07. The van der Waals surface area contributed by atoms with E-state index in [1.807, 2.05) is 0 Å². The molecule has 2 amide bonds. The quantitative estimate of drug-likeness (QED) is 0.525. The number of amides is 2. The summed E-state index contributed by atoms with van der Waals surface area (Å²) in [7, 11) is 0. The van der Waals surface area contributed by atoms with E-state index in [-0.39, 0.29) is 35.5 Å². The van der Waals surface area contributed by atoms with Crippen molar-refractivity contribution in [2.24, 2.45) is 0 Å². The fourth-order valence-corrected chi connectivity index (χ4v) is 2.94. The van der Waals surface area contributed by atoms with Crippen LogP contribution in [0.3, 0.4) is 0 Å². The van der Waals surface area contributed by atoms with E-state index >= 15 is 0 Å². The second-order valence-electron chi connectivity index (χ2n) is 7.13. The number of hydrogen-bond donors (Lipinski definition) is 3. The third kappa shape index (κ3) is 4.60. The van der Waals surface area contributed by atoms with E-state index in [2.05, 4.69) is 20.6 Å². The lowest BCUT2D eigenvalue weighted by atomic mass is 10.0. The molecule has 0 spiro atoms. The first-order chi connectivity index (χ1) is 14.5. The van der Waals surface area contributed by atoms with Gasteiger partial charge in [0.05, 0.1) is 6.33 Å². The number of H-pyrrole nitrogens is 1. The highest BCUT2D eigenvalue weighted by Gasteiger charge is 2.27. The number of nitrogens with one attached hydrogen (secondary N) is 3. The monoisotopic (exact) mass is 406 g/mol. The maximum absolute atomic E-state index is 13.0. The van der Waals surface area contributed by atoms with Crippen LogP contribution in [0.1, 0.15) is 49.7 Å². The zero-order chi connectivity index (χ0) is 21.1. The molecular weight excluding hydrogens is 387 g/mol. The molecule has 8 heteroatoms. The minimum absolute atomic E-state index is 0.0173. The molecule has 1 aromatic heterocycles. The molecule has 0 bridgehead atoms. The summed E-state index contributed by atoms with van der Waals surface area (Å²) in [5.41, 5.74) is 1.84. The van der Waals surface area contributed by atoms with Crippen molar-refractivity contribution >= 4 is 23.3 Å². The van der Waals surface area contributed by atoms with Crippen LogP contribution in [0, 0.1) is 5.82 Å². The fraction of sp³-hybridized carbons (Fsp3) is 0.182. The highest BCUT2D eigenvalue weighted by atomic mass is 19.1. The molecule has 1 aliphatic carbocycles. The number of benzene rings is 2. The number of ketones is 1. The molecule has 0 unspecified atom stereocenters. The number of aromatic amines is 1. The highest BCUT2D eigenvalue weighted by Crippen LogP contribution is 2.20. The molecule has 2 aromatic carbocycles. The van der Waals surface area contributed by atoms with Gasteiger partial charge in [0.2, 0.25) is 0 Å². The molecule has 4 rings (SSSR count). The van der Waals surface area contributed by atoms with Gasteiger partial charge >= 0.3 is 0 Å². The minimum atomic E-state index is -0.507. The number of halogens is 1. The lowest BCUT2D eigenvalue weighted by Crippen LogP contribution is -2.28. The molecule has 0 radical (unpaired) electrons. The topological polar surface area (TPSA) is 104 Å².